The molecule has 5 nitrogen and oxygen atoms in total. The Kier molecular flexibility index (Phi) is 7.90. The molecular weight excluding hydrogens is 490 g/mol. The molecule has 0 bridgehead atoms. The standard InChI is InChI=1S/C25H26F6N2O3/c1-3-16-6-4-5-7-19(16)21-14-33(23(35)36)9-8-20(21)22(34)32(2)13-15-10-17(24(26,27)28)12-18(11-15)25(29,30)31/h4-7,10-12,20-21H,3,8-9,13-14H2,1-2H3,(H,35,36). The quantitative estimate of drug-likeness (QED) is 0.494. The molecule has 1 N–H and O–H groups in total. The minimum Gasteiger partial charge on any atom is -0.465 e. The number of hydrogen-bond donors (Lipinski definition) is 1. The van der Waals surface area contributed by atoms with Crippen molar-refractivity contribution in [3.05, 3.63) is 70.3 Å². The molecule has 0 saturated carbocycles. The predicted molar refractivity (Wildman–Crippen MR) is 119 cm³/mol. The zero-order valence-corrected chi connectivity index (χ0v) is 19.7. The number of carbonyl (C=O) groups is 2. The van der Waals surface area contributed by atoms with E-state index in [4.69, 9.17) is 0 Å². The summed E-state index contributed by atoms with van der Waals surface area (Å²) in [6.07, 6.45) is -10.3. The van der Waals surface area contributed by atoms with Crippen molar-refractivity contribution in [2.75, 3.05) is 20.1 Å². The first kappa shape index (κ1) is 27.3. The lowest BCUT2D eigenvalue weighted by molar-refractivity contribution is -0.143. The van der Waals surface area contributed by atoms with Crippen LogP contribution >= 0.6 is 0 Å². The summed E-state index contributed by atoms with van der Waals surface area (Å²) in [7, 11) is 1.32. The maximum atomic E-state index is 13.4. The summed E-state index contributed by atoms with van der Waals surface area (Å²) in [5.74, 6) is -1.67. The van der Waals surface area contributed by atoms with E-state index in [1.54, 1.807) is 6.07 Å². The molecule has 1 heterocycles. The summed E-state index contributed by atoms with van der Waals surface area (Å²) in [5, 5.41) is 9.49. The Hall–Kier alpha value is -3.24. The summed E-state index contributed by atoms with van der Waals surface area (Å²) in [6, 6.07) is 8.56. The van der Waals surface area contributed by atoms with Gasteiger partial charge in [-0.1, -0.05) is 31.2 Å². The first-order valence-electron chi connectivity index (χ1n) is 11.3. The normalized spacial score (nSPS) is 18.7. The molecule has 3 rings (SSSR count). The number of hydrogen-bond acceptors (Lipinski definition) is 2. The van der Waals surface area contributed by atoms with E-state index < -0.39 is 53.9 Å². The summed E-state index contributed by atoms with van der Waals surface area (Å²) >= 11 is 0. The van der Waals surface area contributed by atoms with E-state index in [-0.39, 0.29) is 31.1 Å². The molecule has 1 aliphatic rings. The van der Waals surface area contributed by atoms with Gasteiger partial charge < -0.3 is 14.9 Å². The fraction of sp³-hybridized carbons (Fsp3) is 0.440. The van der Waals surface area contributed by atoms with Gasteiger partial charge in [-0.3, -0.25) is 4.79 Å². The number of halogens is 6. The van der Waals surface area contributed by atoms with E-state index in [2.05, 4.69) is 0 Å². The fourth-order valence-electron chi connectivity index (χ4n) is 4.70. The number of nitrogens with zero attached hydrogens (tertiary/aromatic N) is 2. The number of amides is 2. The van der Waals surface area contributed by atoms with Crippen LogP contribution in [0.1, 0.15) is 47.1 Å². The largest absolute Gasteiger partial charge is 0.465 e. The summed E-state index contributed by atoms with van der Waals surface area (Å²) < 4.78 is 79.4. The molecule has 0 radical (unpaired) electrons. The van der Waals surface area contributed by atoms with E-state index >= 15 is 0 Å². The molecule has 2 amide bonds. The third kappa shape index (κ3) is 6.11. The smallest absolute Gasteiger partial charge is 0.416 e. The van der Waals surface area contributed by atoms with Crippen LogP contribution in [-0.4, -0.2) is 47.0 Å². The maximum Gasteiger partial charge on any atom is 0.416 e. The number of alkyl halides is 6. The molecule has 0 aliphatic carbocycles. The average molecular weight is 516 g/mol. The Bertz CT molecular complexity index is 1080. The highest BCUT2D eigenvalue weighted by Gasteiger charge is 2.40. The first-order valence-corrected chi connectivity index (χ1v) is 11.3. The minimum absolute atomic E-state index is 0.0463. The monoisotopic (exact) mass is 516 g/mol. The Balaban J connectivity index is 1.92. The second kappa shape index (κ2) is 10.4. The van der Waals surface area contributed by atoms with Crippen molar-refractivity contribution < 1.29 is 41.0 Å². The third-order valence-corrected chi connectivity index (χ3v) is 6.48. The molecule has 11 heteroatoms. The zero-order chi connectivity index (χ0) is 26.8. The van der Waals surface area contributed by atoms with Gasteiger partial charge in [-0.2, -0.15) is 26.3 Å². The molecular formula is C25H26F6N2O3. The lowest BCUT2D eigenvalue weighted by Gasteiger charge is -2.39. The molecule has 1 aliphatic heterocycles. The Morgan fingerprint density at radius 2 is 1.61 bits per heavy atom. The second-order valence-electron chi connectivity index (χ2n) is 8.89. The van der Waals surface area contributed by atoms with Crippen molar-refractivity contribution in [1.29, 1.82) is 0 Å². The van der Waals surface area contributed by atoms with Gasteiger partial charge in [0.15, 0.2) is 0 Å². The number of benzene rings is 2. The second-order valence-corrected chi connectivity index (χ2v) is 8.89. The fourth-order valence-corrected chi connectivity index (χ4v) is 4.70. The van der Waals surface area contributed by atoms with Crippen LogP contribution in [0.25, 0.3) is 0 Å². The Morgan fingerprint density at radius 1 is 1.03 bits per heavy atom. The van der Waals surface area contributed by atoms with Crippen molar-refractivity contribution in [2.45, 2.75) is 44.6 Å². The highest BCUT2D eigenvalue weighted by molar-refractivity contribution is 5.80. The van der Waals surface area contributed by atoms with E-state index in [1.165, 1.54) is 11.9 Å². The molecule has 2 unspecified atom stereocenters. The number of carboxylic acid groups (broad SMARTS) is 1. The molecule has 2 aromatic rings. The third-order valence-electron chi connectivity index (χ3n) is 6.48. The van der Waals surface area contributed by atoms with Crippen molar-refractivity contribution in [3.8, 4) is 0 Å². The Morgan fingerprint density at radius 3 is 2.14 bits per heavy atom. The van der Waals surface area contributed by atoms with Crippen molar-refractivity contribution in [2.24, 2.45) is 5.92 Å². The van der Waals surface area contributed by atoms with Gasteiger partial charge in [0.2, 0.25) is 5.91 Å². The van der Waals surface area contributed by atoms with Crippen LogP contribution in [0.15, 0.2) is 42.5 Å². The molecule has 36 heavy (non-hydrogen) atoms. The van der Waals surface area contributed by atoms with Gasteiger partial charge in [0.05, 0.1) is 11.1 Å². The van der Waals surface area contributed by atoms with Crippen LogP contribution in [0, 0.1) is 5.92 Å². The van der Waals surface area contributed by atoms with E-state index in [0.717, 1.165) is 16.0 Å². The number of carbonyl (C=O) groups excluding carboxylic acids is 1. The predicted octanol–water partition coefficient (Wildman–Crippen LogP) is 6.03. The van der Waals surface area contributed by atoms with Crippen LogP contribution in [0.2, 0.25) is 0 Å². The van der Waals surface area contributed by atoms with E-state index in [1.807, 2.05) is 25.1 Å². The summed E-state index contributed by atoms with van der Waals surface area (Å²) in [5.41, 5.74) is -1.46. The number of aryl methyl sites for hydroxylation is 1. The SMILES string of the molecule is CCc1ccccc1C1CN(C(=O)O)CCC1C(=O)N(C)Cc1cc(C(F)(F)F)cc(C(F)(F)F)c1. The zero-order valence-electron chi connectivity index (χ0n) is 19.7. The number of piperidine rings is 1. The molecule has 1 saturated heterocycles. The Labute approximate surface area is 204 Å². The van der Waals surface area contributed by atoms with Gasteiger partial charge in [0, 0.05) is 38.5 Å². The minimum atomic E-state index is -4.99. The van der Waals surface area contributed by atoms with Gasteiger partial charge in [-0.25, -0.2) is 4.79 Å². The highest BCUT2D eigenvalue weighted by atomic mass is 19.4. The van der Waals surface area contributed by atoms with Crippen LogP contribution in [-0.2, 0) is 30.1 Å². The summed E-state index contributed by atoms with van der Waals surface area (Å²) in [4.78, 5) is 27.4. The van der Waals surface area contributed by atoms with Crippen LogP contribution in [0.5, 0.6) is 0 Å². The van der Waals surface area contributed by atoms with Crippen molar-refractivity contribution in [1.82, 2.24) is 9.80 Å². The molecule has 0 aromatic heterocycles. The van der Waals surface area contributed by atoms with E-state index in [9.17, 15) is 41.0 Å². The van der Waals surface area contributed by atoms with Crippen molar-refractivity contribution in [3.63, 3.8) is 0 Å². The highest BCUT2D eigenvalue weighted by Crippen LogP contribution is 2.38. The number of likely N-dealkylation sites (tertiary alicyclic amines) is 1. The molecule has 2 atom stereocenters. The van der Waals surface area contributed by atoms with Crippen LogP contribution < -0.4 is 0 Å². The van der Waals surface area contributed by atoms with Gasteiger partial charge >= 0.3 is 18.4 Å². The molecule has 1 fully saturated rings. The lowest BCUT2D eigenvalue weighted by Crippen LogP contribution is -2.47. The molecule has 2 aromatic carbocycles. The maximum absolute atomic E-state index is 13.4. The van der Waals surface area contributed by atoms with Gasteiger partial charge in [0.1, 0.15) is 0 Å². The number of rotatable bonds is 5. The van der Waals surface area contributed by atoms with Crippen molar-refractivity contribution >= 4 is 12.0 Å². The lowest BCUT2D eigenvalue weighted by atomic mass is 9.78. The van der Waals surface area contributed by atoms with Gasteiger partial charge in [-0.05, 0) is 47.7 Å². The van der Waals surface area contributed by atoms with Gasteiger partial charge in [-0.15, -0.1) is 0 Å². The topological polar surface area (TPSA) is 60.9 Å². The van der Waals surface area contributed by atoms with Gasteiger partial charge in [0.25, 0.3) is 0 Å². The first-order chi connectivity index (χ1) is 16.7. The molecule has 196 valence electrons. The van der Waals surface area contributed by atoms with Crippen LogP contribution in [0.3, 0.4) is 0 Å². The van der Waals surface area contributed by atoms with Crippen LogP contribution in [0.4, 0.5) is 31.1 Å². The average Bonchev–Trinajstić information content (AvgIpc) is 2.81. The summed E-state index contributed by atoms with van der Waals surface area (Å²) in [6.45, 7) is 1.60. The molecule has 0 spiro atoms. The van der Waals surface area contributed by atoms with E-state index in [0.29, 0.717) is 18.6 Å².